The van der Waals surface area contributed by atoms with Crippen LogP contribution in [0.4, 0.5) is 0 Å². The molecule has 0 aromatic heterocycles. The van der Waals surface area contributed by atoms with Crippen LogP contribution in [-0.2, 0) is 6.42 Å². The van der Waals surface area contributed by atoms with Crippen LogP contribution in [-0.4, -0.2) is 0 Å². The largest absolute Gasteiger partial charge is 0.402 e. The number of hydrogen-bond donors (Lipinski definition) is 1. The molecular formula is C40H35N. The predicted molar refractivity (Wildman–Crippen MR) is 175 cm³/mol. The summed E-state index contributed by atoms with van der Waals surface area (Å²) in [5.41, 5.74) is 16.5. The van der Waals surface area contributed by atoms with Gasteiger partial charge in [0, 0.05) is 11.6 Å². The van der Waals surface area contributed by atoms with E-state index in [1.54, 1.807) is 0 Å². The van der Waals surface area contributed by atoms with E-state index in [0.29, 0.717) is 11.8 Å². The molecule has 0 saturated carbocycles. The summed E-state index contributed by atoms with van der Waals surface area (Å²) in [6.07, 6.45) is 24.6. The number of hydrogen-bond acceptors (Lipinski definition) is 1. The van der Waals surface area contributed by atoms with Crippen LogP contribution in [0.5, 0.6) is 0 Å². The van der Waals surface area contributed by atoms with Gasteiger partial charge >= 0.3 is 0 Å². The highest BCUT2D eigenvalue weighted by molar-refractivity contribution is 6.13. The van der Waals surface area contributed by atoms with E-state index in [2.05, 4.69) is 115 Å². The standard InChI is InChI=1S/C40H35N/c41-40-25-39-34-18-10-9-17-33(34)37-23-28(19-20-35(37)38(39)24-36(40)27-13-5-2-6-14-27)30-22-21-29(26-11-3-1-4-12-26)31-15-7-8-16-32(30)31/h1-3,5-11,13,15-20,23,25,27,36H,4,12,14,21-22,24,41H2. The Morgan fingerprint density at radius 3 is 2.29 bits per heavy atom. The van der Waals surface area contributed by atoms with E-state index >= 15 is 0 Å². The molecule has 4 aromatic carbocycles. The molecule has 0 heterocycles. The molecule has 8 rings (SSSR count). The fourth-order valence-electron chi connectivity index (χ4n) is 7.79. The highest BCUT2D eigenvalue weighted by Crippen LogP contribution is 2.42. The number of benzene rings is 4. The molecule has 0 fully saturated rings. The molecular weight excluding hydrogens is 494 g/mol. The molecule has 41 heavy (non-hydrogen) atoms. The van der Waals surface area contributed by atoms with Gasteiger partial charge in [-0.15, -0.1) is 0 Å². The molecule has 4 aliphatic carbocycles. The van der Waals surface area contributed by atoms with Crippen molar-refractivity contribution >= 4 is 38.8 Å². The molecule has 1 heteroatoms. The Hall–Kier alpha value is -4.36. The maximum absolute atomic E-state index is 6.78. The molecule has 0 aliphatic heterocycles. The van der Waals surface area contributed by atoms with Crippen LogP contribution in [0.3, 0.4) is 0 Å². The van der Waals surface area contributed by atoms with E-state index in [1.807, 2.05) is 0 Å². The minimum absolute atomic E-state index is 0.338. The summed E-state index contributed by atoms with van der Waals surface area (Å²) in [5.74, 6) is 0.796. The lowest BCUT2D eigenvalue weighted by molar-refractivity contribution is 0.446. The zero-order valence-corrected chi connectivity index (χ0v) is 23.4. The second kappa shape index (κ2) is 9.93. The van der Waals surface area contributed by atoms with Crippen molar-refractivity contribution in [2.45, 2.75) is 38.5 Å². The highest BCUT2D eigenvalue weighted by Gasteiger charge is 2.29. The lowest BCUT2D eigenvalue weighted by atomic mass is 9.74. The van der Waals surface area contributed by atoms with Crippen LogP contribution in [0.2, 0.25) is 0 Å². The average Bonchev–Trinajstić information content (AvgIpc) is 3.05. The summed E-state index contributed by atoms with van der Waals surface area (Å²) in [6.45, 7) is 0. The van der Waals surface area contributed by atoms with Crippen molar-refractivity contribution in [2.24, 2.45) is 17.6 Å². The van der Waals surface area contributed by atoms with E-state index in [1.165, 1.54) is 65.4 Å². The molecule has 200 valence electrons. The quantitative estimate of drug-likeness (QED) is 0.267. The van der Waals surface area contributed by atoms with E-state index in [-0.39, 0.29) is 0 Å². The van der Waals surface area contributed by atoms with Crippen LogP contribution in [0.15, 0.2) is 121 Å². The number of rotatable bonds is 3. The topological polar surface area (TPSA) is 26.0 Å². The third-order valence-electron chi connectivity index (χ3n) is 9.82. The van der Waals surface area contributed by atoms with Gasteiger partial charge in [-0.05, 0) is 122 Å². The molecule has 0 amide bonds. The van der Waals surface area contributed by atoms with Gasteiger partial charge in [-0.1, -0.05) is 103 Å². The minimum Gasteiger partial charge on any atom is -0.402 e. The summed E-state index contributed by atoms with van der Waals surface area (Å²) in [6, 6.07) is 25.3. The summed E-state index contributed by atoms with van der Waals surface area (Å²) in [7, 11) is 0. The molecule has 0 spiro atoms. The molecule has 4 aromatic rings. The Morgan fingerprint density at radius 2 is 1.49 bits per heavy atom. The van der Waals surface area contributed by atoms with E-state index < -0.39 is 0 Å². The second-order valence-electron chi connectivity index (χ2n) is 12.0. The number of fused-ring (bicyclic) bond motifs is 7. The second-order valence-corrected chi connectivity index (χ2v) is 12.0. The Bertz CT molecular complexity index is 2010. The first kappa shape index (κ1) is 24.4. The van der Waals surface area contributed by atoms with Gasteiger partial charge in [0.15, 0.2) is 0 Å². The Labute approximate surface area is 242 Å². The molecule has 2 unspecified atom stereocenters. The highest BCUT2D eigenvalue weighted by atomic mass is 14.6. The first-order chi connectivity index (χ1) is 20.3. The third-order valence-corrected chi connectivity index (χ3v) is 9.82. The monoisotopic (exact) mass is 529 g/mol. The zero-order valence-electron chi connectivity index (χ0n) is 23.4. The third kappa shape index (κ3) is 4.06. The first-order valence-electron chi connectivity index (χ1n) is 15.2. The van der Waals surface area contributed by atoms with Crippen molar-refractivity contribution in [3.05, 3.63) is 148 Å². The van der Waals surface area contributed by atoms with Gasteiger partial charge in [-0.25, -0.2) is 0 Å². The van der Waals surface area contributed by atoms with Gasteiger partial charge in [0.05, 0.1) is 0 Å². The maximum Gasteiger partial charge on any atom is 0.0128 e. The fraction of sp³-hybridized carbons (Fsp3) is 0.200. The number of nitrogens with two attached hydrogens (primary N) is 1. The van der Waals surface area contributed by atoms with Crippen LogP contribution in [0.1, 0.15) is 48.8 Å². The van der Waals surface area contributed by atoms with Crippen LogP contribution >= 0.6 is 0 Å². The Kier molecular flexibility index (Phi) is 5.92. The molecule has 0 saturated heterocycles. The van der Waals surface area contributed by atoms with Crippen molar-refractivity contribution in [1.29, 1.82) is 0 Å². The molecule has 4 aliphatic rings. The lowest BCUT2D eigenvalue weighted by Crippen LogP contribution is -2.33. The van der Waals surface area contributed by atoms with Gasteiger partial charge in [-0.3, -0.25) is 0 Å². The molecule has 0 radical (unpaired) electrons. The number of allylic oxidation sites excluding steroid dienone is 9. The zero-order chi connectivity index (χ0) is 27.3. The fourth-order valence-corrected chi connectivity index (χ4v) is 7.79. The summed E-state index contributed by atoms with van der Waals surface area (Å²) < 4.78 is 0. The van der Waals surface area contributed by atoms with Crippen molar-refractivity contribution in [2.75, 3.05) is 0 Å². The van der Waals surface area contributed by atoms with Crippen molar-refractivity contribution < 1.29 is 0 Å². The van der Waals surface area contributed by atoms with Gasteiger partial charge in [-0.2, -0.15) is 0 Å². The van der Waals surface area contributed by atoms with Crippen LogP contribution in [0, 0.1) is 11.8 Å². The SMILES string of the molecule is NC1=Cc2c(c3ccc(C4=c5ccccc5=C(C5=CC=CCC5)CC4)cc3c3ccccc23)CC1C1C=CC=CC1. The first-order valence-corrected chi connectivity index (χ1v) is 15.2. The normalized spacial score (nSPS) is 21.6. The van der Waals surface area contributed by atoms with Gasteiger partial charge in [0.2, 0.25) is 0 Å². The average molecular weight is 530 g/mol. The molecule has 2 N–H and O–H groups in total. The van der Waals surface area contributed by atoms with Crippen molar-refractivity contribution in [1.82, 2.24) is 0 Å². The van der Waals surface area contributed by atoms with Gasteiger partial charge < -0.3 is 5.73 Å². The summed E-state index contributed by atoms with van der Waals surface area (Å²) in [4.78, 5) is 0. The van der Waals surface area contributed by atoms with E-state index in [0.717, 1.165) is 44.2 Å². The molecule has 0 bridgehead atoms. The van der Waals surface area contributed by atoms with Crippen LogP contribution < -0.4 is 16.2 Å². The van der Waals surface area contributed by atoms with Gasteiger partial charge in [0.25, 0.3) is 0 Å². The van der Waals surface area contributed by atoms with Crippen molar-refractivity contribution in [3.8, 4) is 0 Å². The molecule has 2 atom stereocenters. The summed E-state index contributed by atoms with van der Waals surface area (Å²) in [5, 5.41) is 8.20. The summed E-state index contributed by atoms with van der Waals surface area (Å²) >= 11 is 0. The molecule has 1 nitrogen and oxygen atoms in total. The predicted octanol–water partition coefficient (Wildman–Crippen LogP) is 8.02. The smallest absolute Gasteiger partial charge is 0.0128 e. The van der Waals surface area contributed by atoms with E-state index in [9.17, 15) is 0 Å². The Morgan fingerprint density at radius 1 is 0.683 bits per heavy atom. The maximum atomic E-state index is 6.78. The van der Waals surface area contributed by atoms with Crippen LogP contribution in [0.25, 0.3) is 38.8 Å². The van der Waals surface area contributed by atoms with E-state index in [4.69, 9.17) is 5.73 Å². The minimum atomic E-state index is 0.338. The van der Waals surface area contributed by atoms with Gasteiger partial charge in [0.1, 0.15) is 0 Å². The lowest BCUT2D eigenvalue weighted by Gasteiger charge is -2.31. The Balaban J connectivity index is 1.34. The van der Waals surface area contributed by atoms with Crippen molar-refractivity contribution in [3.63, 3.8) is 0 Å².